The van der Waals surface area contributed by atoms with E-state index in [1.54, 1.807) is 19.9 Å². The molecule has 0 unspecified atom stereocenters. The first-order valence-electron chi connectivity index (χ1n) is 8.72. The molecule has 136 valence electrons. The largest absolute Gasteiger partial charge is 0.335 e. The van der Waals surface area contributed by atoms with E-state index in [0.29, 0.717) is 21.9 Å². The molecule has 0 aromatic heterocycles. The van der Waals surface area contributed by atoms with Crippen molar-refractivity contribution in [1.82, 2.24) is 0 Å². The Kier molecular flexibility index (Phi) is 5.59. The molecule has 0 aliphatic heterocycles. The first-order chi connectivity index (χ1) is 13.1. The fraction of sp³-hybridized carbons (Fsp3) is 0.238. The van der Waals surface area contributed by atoms with Gasteiger partial charge in [-0.2, -0.15) is 10.5 Å². The monoisotopic (exact) mass is 378 g/mol. The average molecular weight is 378 g/mol. The molecule has 0 heterocycles. The lowest BCUT2D eigenvalue weighted by molar-refractivity contribution is 0.219. The maximum absolute atomic E-state index is 12.8. The summed E-state index contributed by atoms with van der Waals surface area (Å²) < 4.78 is 23.6. The van der Waals surface area contributed by atoms with Crippen LogP contribution < -0.4 is 0 Å². The molecule has 6 heteroatoms. The lowest BCUT2D eigenvalue weighted by Gasteiger charge is -2.17. The van der Waals surface area contributed by atoms with E-state index in [2.05, 4.69) is 12.1 Å². The van der Waals surface area contributed by atoms with Gasteiger partial charge in [-0.15, -0.1) is 0 Å². The Labute approximate surface area is 158 Å². The van der Waals surface area contributed by atoms with Crippen molar-refractivity contribution in [3.05, 3.63) is 59.2 Å². The van der Waals surface area contributed by atoms with Gasteiger partial charge < -0.3 is 9.05 Å². The molecule has 0 N–H and O–H groups in total. The predicted octanol–water partition coefficient (Wildman–Crippen LogP) is 5.50. The SMILES string of the molecule is CCOP(=O)(Cc1ccc2c(C#N)c3ccccc3c(C#N)c2c1)OCC. The number of hydrogen-bond acceptors (Lipinski definition) is 5. The molecule has 0 amide bonds. The highest BCUT2D eigenvalue weighted by Gasteiger charge is 2.24. The van der Waals surface area contributed by atoms with Gasteiger partial charge in [0.25, 0.3) is 0 Å². The van der Waals surface area contributed by atoms with Crippen LogP contribution in [0.5, 0.6) is 0 Å². The summed E-state index contributed by atoms with van der Waals surface area (Å²) in [5.41, 5.74) is 1.77. The molecule has 0 radical (unpaired) electrons. The molecule has 0 fully saturated rings. The molecule has 0 aliphatic rings. The third-order valence-electron chi connectivity index (χ3n) is 4.34. The molecule has 0 saturated heterocycles. The van der Waals surface area contributed by atoms with E-state index >= 15 is 0 Å². The minimum atomic E-state index is -3.26. The number of hydrogen-bond donors (Lipinski definition) is 0. The van der Waals surface area contributed by atoms with Crippen LogP contribution in [0.15, 0.2) is 42.5 Å². The summed E-state index contributed by atoms with van der Waals surface area (Å²) in [5, 5.41) is 22.3. The Morgan fingerprint density at radius 2 is 1.37 bits per heavy atom. The Morgan fingerprint density at radius 3 is 1.89 bits per heavy atom. The van der Waals surface area contributed by atoms with Gasteiger partial charge in [0.2, 0.25) is 0 Å². The van der Waals surface area contributed by atoms with E-state index in [1.807, 2.05) is 36.4 Å². The molecular formula is C21H19N2O3P. The van der Waals surface area contributed by atoms with Gasteiger partial charge in [-0.05, 0) is 25.5 Å². The smallest absolute Gasteiger partial charge is 0.309 e. The van der Waals surface area contributed by atoms with Crippen molar-refractivity contribution >= 4 is 29.1 Å². The first-order valence-corrected chi connectivity index (χ1v) is 10.4. The van der Waals surface area contributed by atoms with E-state index < -0.39 is 7.60 Å². The molecule has 5 nitrogen and oxygen atoms in total. The van der Waals surface area contributed by atoms with Crippen molar-refractivity contribution < 1.29 is 13.6 Å². The van der Waals surface area contributed by atoms with Gasteiger partial charge in [0, 0.05) is 21.5 Å². The minimum absolute atomic E-state index is 0.115. The summed E-state index contributed by atoms with van der Waals surface area (Å²) in [4.78, 5) is 0. The molecule has 3 aromatic rings. The second kappa shape index (κ2) is 7.91. The lowest BCUT2D eigenvalue weighted by atomic mass is 9.92. The fourth-order valence-corrected chi connectivity index (χ4v) is 5.00. The Balaban J connectivity index is 2.24. The quantitative estimate of drug-likeness (QED) is 0.418. The number of benzene rings is 3. The van der Waals surface area contributed by atoms with Gasteiger partial charge in [0.1, 0.15) is 12.1 Å². The average Bonchev–Trinajstić information content (AvgIpc) is 2.66. The molecular weight excluding hydrogens is 359 g/mol. The van der Waals surface area contributed by atoms with Gasteiger partial charge in [0.05, 0.1) is 30.5 Å². The van der Waals surface area contributed by atoms with Gasteiger partial charge >= 0.3 is 7.60 Å². The van der Waals surface area contributed by atoms with Crippen LogP contribution in [0.1, 0.15) is 30.5 Å². The number of nitriles is 2. The molecule has 3 aromatic carbocycles. The maximum Gasteiger partial charge on any atom is 0.335 e. The van der Waals surface area contributed by atoms with Crippen LogP contribution in [0.2, 0.25) is 0 Å². The van der Waals surface area contributed by atoms with Gasteiger partial charge in [-0.3, -0.25) is 4.57 Å². The first kappa shape index (κ1) is 19.1. The third kappa shape index (κ3) is 3.59. The van der Waals surface area contributed by atoms with Gasteiger partial charge in [0.15, 0.2) is 0 Å². The predicted molar refractivity (Wildman–Crippen MR) is 105 cm³/mol. The van der Waals surface area contributed by atoms with E-state index in [0.717, 1.165) is 16.3 Å². The zero-order valence-corrected chi connectivity index (χ0v) is 16.1. The summed E-state index contributed by atoms with van der Waals surface area (Å²) in [6, 6.07) is 17.3. The van der Waals surface area contributed by atoms with E-state index in [1.165, 1.54) is 0 Å². The van der Waals surface area contributed by atoms with Crippen molar-refractivity contribution in [3.63, 3.8) is 0 Å². The zero-order chi connectivity index (χ0) is 19.4. The van der Waals surface area contributed by atoms with Crippen LogP contribution >= 0.6 is 7.60 Å². The van der Waals surface area contributed by atoms with Crippen LogP contribution in [0.25, 0.3) is 21.5 Å². The number of nitrogens with zero attached hydrogens (tertiary/aromatic N) is 2. The van der Waals surface area contributed by atoms with Crippen LogP contribution in [0, 0.1) is 22.7 Å². The highest BCUT2D eigenvalue weighted by atomic mass is 31.2. The Morgan fingerprint density at radius 1 is 0.852 bits per heavy atom. The topological polar surface area (TPSA) is 83.1 Å². The minimum Gasteiger partial charge on any atom is -0.309 e. The number of rotatable bonds is 6. The summed E-state index contributed by atoms with van der Waals surface area (Å²) in [5.74, 6) is 0. The van der Waals surface area contributed by atoms with Crippen molar-refractivity contribution in [3.8, 4) is 12.1 Å². The second-order valence-corrected chi connectivity index (χ2v) is 8.06. The summed E-state index contributed by atoms with van der Waals surface area (Å²) in [7, 11) is -3.26. The molecule has 0 bridgehead atoms. The van der Waals surface area contributed by atoms with Crippen molar-refractivity contribution in [2.24, 2.45) is 0 Å². The van der Waals surface area contributed by atoms with Crippen LogP contribution in [0.4, 0.5) is 0 Å². The molecule has 0 atom stereocenters. The summed E-state index contributed by atoms with van der Waals surface area (Å²) in [6.45, 7) is 4.12. The van der Waals surface area contributed by atoms with E-state index in [-0.39, 0.29) is 19.4 Å². The molecule has 0 spiro atoms. The van der Waals surface area contributed by atoms with E-state index in [4.69, 9.17) is 9.05 Å². The van der Waals surface area contributed by atoms with Crippen LogP contribution in [-0.2, 0) is 19.8 Å². The Bertz CT molecular complexity index is 1130. The lowest BCUT2D eigenvalue weighted by Crippen LogP contribution is -1.99. The van der Waals surface area contributed by atoms with Gasteiger partial charge in [-0.25, -0.2) is 0 Å². The summed E-state index contributed by atoms with van der Waals surface area (Å²) in [6.07, 6.45) is 0.115. The second-order valence-electron chi connectivity index (χ2n) is 6.00. The maximum atomic E-state index is 12.8. The molecule has 0 saturated carbocycles. The normalized spacial score (nSPS) is 11.4. The third-order valence-corrected chi connectivity index (χ3v) is 6.40. The number of fused-ring (bicyclic) bond motifs is 2. The van der Waals surface area contributed by atoms with Crippen molar-refractivity contribution in [1.29, 1.82) is 10.5 Å². The van der Waals surface area contributed by atoms with Crippen LogP contribution in [0.3, 0.4) is 0 Å². The molecule has 3 rings (SSSR count). The fourth-order valence-electron chi connectivity index (χ4n) is 3.31. The molecule has 27 heavy (non-hydrogen) atoms. The standard InChI is InChI=1S/C21H19N2O3P/c1-3-25-27(24,26-4-2)14-15-9-10-18-19(11-15)21(13-23)17-8-6-5-7-16(17)20(18)12-22/h5-11H,3-4,14H2,1-2H3. The zero-order valence-electron chi connectivity index (χ0n) is 15.2. The highest BCUT2D eigenvalue weighted by molar-refractivity contribution is 7.53. The van der Waals surface area contributed by atoms with Crippen molar-refractivity contribution in [2.75, 3.05) is 13.2 Å². The van der Waals surface area contributed by atoms with Crippen LogP contribution in [-0.4, -0.2) is 13.2 Å². The summed E-state index contributed by atoms with van der Waals surface area (Å²) >= 11 is 0. The van der Waals surface area contributed by atoms with Crippen molar-refractivity contribution in [2.45, 2.75) is 20.0 Å². The molecule has 0 aliphatic carbocycles. The Hall–Kier alpha value is -2.69. The van der Waals surface area contributed by atoms with Gasteiger partial charge in [-0.1, -0.05) is 36.4 Å². The highest BCUT2D eigenvalue weighted by Crippen LogP contribution is 2.51. The van der Waals surface area contributed by atoms with E-state index in [9.17, 15) is 15.1 Å².